The van der Waals surface area contributed by atoms with Crippen molar-refractivity contribution in [1.82, 2.24) is 14.5 Å². The SMILES string of the molecule is CCc1nccn1CCN1CCOC(CCN)C1. The van der Waals surface area contributed by atoms with Gasteiger partial charge in [-0.05, 0) is 13.0 Å². The van der Waals surface area contributed by atoms with Gasteiger partial charge in [0.2, 0.25) is 0 Å². The van der Waals surface area contributed by atoms with Gasteiger partial charge < -0.3 is 15.0 Å². The third kappa shape index (κ3) is 3.54. The largest absolute Gasteiger partial charge is 0.376 e. The van der Waals surface area contributed by atoms with E-state index in [0.717, 1.165) is 45.6 Å². The average Bonchev–Trinajstić information content (AvgIpc) is 2.84. The molecule has 2 rings (SSSR count). The van der Waals surface area contributed by atoms with E-state index < -0.39 is 0 Å². The maximum Gasteiger partial charge on any atom is 0.108 e. The molecule has 0 spiro atoms. The fourth-order valence-electron chi connectivity index (χ4n) is 2.45. The van der Waals surface area contributed by atoms with Gasteiger partial charge in [-0.15, -0.1) is 0 Å². The highest BCUT2D eigenvalue weighted by molar-refractivity contribution is 4.91. The molecule has 102 valence electrons. The molecule has 2 N–H and O–H groups in total. The van der Waals surface area contributed by atoms with Crippen LogP contribution in [0.5, 0.6) is 0 Å². The van der Waals surface area contributed by atoms with Gasteiger partial charge in [-0.3, -0.25) is 4.90 Å². The van der Waals surface area contributed by atoms with Crippen molar-refractivity contribution in [2.24, 2.45) is 5.73 Å². The van der Waals surface area contributed by atoms with Gasteiger partial charge in [0.05, 0.1) is 12.7 Å². The van der Waals surface area contributed by atoms with Gasteiger partial charge in [0.25, 0.3) is 0 Å². The van der Waals surface area contributed by atoms with Crippen LogP contribution in [0.3, 0.4) is 0 Å². The van der Waals surface area contributed by atoms with Crippen molar-refractivity contribution in [3.63, 3.8) is 0 Å². The summed E-state index contributed by atoms with van der Waals surface area (Å²) >= 11 is 0. The maximum absolute atomic E-state index is 5.69. The highest BCUT2D eigenvalue weighted by Crippen LogP contribution is 2.08. The Labute approximate surface area is 109 Å². The normalized spacial score (nSPS) is 21.3. The van der Waals surface area contributed by atoms with Crippen LogP contribution < -0.4 is 5.73 Å². The van der Waals surface area contributed by atoms with E-state index in [1.807, 2.05) is 6.20 Å². The summed E-state index contributed by atoms with van der Waals surface area (Å²) in [7, 11) is 0. The van der Waals surface area contributed by atoms with E-state index in [4.69, 9.17) is 10.5 Å². The Kier molecular flexibility index (Phi) is 5.16. The van der Waals surface area contributed by atoms with Crippen LogP contribution >= 0.6 is 0 Å². The van der Waals surface area contributed by atoms with E-state index in [1.54, 1.807) is 0 Å². The topological polar surface area (TPSA) is 56.3 Å². The number of ether oxygens (including phenoxy) is 1. The molecule has 1 atom stereocenters. The third-order valence-corrected chi connectivity index (χ3v) is 3.49. The Morgan fingerprint density at radius 1 is 1.50 bits per heavy atom. The van der Waals surface area contributed by atoms with Crippen molar-refractivity contribution in [2.75, 3.05) is 32.8 Å². The maximum atomic E-state index is 5.69. The first kappa shape index (κ1) is 13.5. The van der Waals surface area contributed by atoms with Crippen LogP contribution in [-0.4, -0.2) is 53.3 Å². The first-order chi connectivity index (χ1) is 8.83. The van der Waals surface area contributed by atoms with Gasteiger partial charge in [-0.2, -0.15) is 0 Å². The first-order valence-corrected chi connectivity index (χ1v) is 6.87. The lowest BCUT2D eigenvalue weighted by atomic mass is 10.2. The molecule has 5 heteroatoms. The smallest absolute Gasteiger partial charge is 0.108 e. The van der Waals surface area contributed by atoms with Crippen LogP contribution in [0.2, 0.25) is 0 Å². The molecule has 0 amide bonds. The molecule has 0 aromatic carbocycles. The minimum atomic E-state index is 0.317. The lowest BCUT2D eigenvalue weighted by Gasteiger charge is -2.32. The highest BCUT2D eigenvalue weighted by atomic mass is 16.5. The summed E-state index contributed by atoms with van der Waals surface area (Å²) in [5.41, 5.74) is 5.58. The lowest BCUT2D eigenvalue weighted by molar-refractivity contribution is -0.0315. The van der Waals surface area contributed by atoms with Gasteiger partial charge >= 0.3 is 0 Å². The fraction of sp³-hybridized carbons (Fsp3) is 0.769. The van der Waals surface area contributed by atoms with Crippen molar-refractivity contribution >= 4 is 0 Å². The zero-order valence-corrected chi connectivity index (χ0v) is 11.2. The summed E-state index contributed by atoms with van der Waals surface area (Å²) in [5, 5.41) is 0. The van der Waals surface area contributed by atoms with Crippen LogP contribution in [0.15, 0.2) is 12.4 Å². The Balaban J connectivity index is 1.79. The fourth-order valence-corrected chi connectivity index (χ4v) is 2.45. The van der Waals surface area contributed by atoms with E-state index in [0.29, 0.717) is 12.6 Å². The zero-order valence-electron chi connectivity index (χ0n) is 11.2. The van der Waals surface area contributed by atoms with Crippen LogP contribution in [0.25, 0.3) is 0 Å². The summed E-state index contributed by atoms with van der Waals surface area (Å²) in [5.74, 6) is 1.17. The number of nitrogens with zero attached hydrogens (tertiary/aromatic N) is 3. The number of aromatic nitrogens is 2. The summed E-state index contributed by atoms with van der Waals surface area (Å²) < 4.78 is 7.93. The van der Waals surface area contributed by atoms with Crippen molar-refractivity contribution < 1.29 is 4.74 Å². The molecule has 1 unspecified atom stereocenters. The molecule has 0 bridgehead atoms. The molecule has 1 aromatic heterocycles. The van der Waals surface area contributed by atoms with Crippen LogP contribution in [0, 0.1) is 0 Å². The van der Waals surface area contributed by atoms with E-state index in [1.165, 1.54) is 5.82 Å². The molecule has 0 saturated carbocycles. The number of aryl methyl sites for hydroxylation is 1. The molecule has 2 heterocycles. The molecule has 1 saturated heterocycles. The average molecular weight is 252 g/mol. The van der Waals surface area contributed by atoms with Crippen molar-refractivity contribution in [1.29, 1.82) is 0 Å². The van der Waals surface area contributed by atoms with Crippen molar-refractivity contribution in [3.05, 3.63) is 18.2 Å². The van der Waals surface area contributed by atoms with Crippen molar-refractivity contribution in [2.45, 2.75) is 32.4 Å². The summed E-state index contributed by atoms with van der Waals surface area (Å²) in [6.45, 7) is 7.79. The minimum Gasteiger partial charge on any atom is -0.376 e. The molecule has 1 aromatic rings. The van der Waals surface area contributed by atoms with Gasteiger partial charge in [0.1, 0.15) is 5.82 Å². The van der Waals surface area contributed by atoms with E-state index in [2.05, 4.69) is 27.6 Å². The molecule has 1 aliphatic rings. The van der Waals surface area contributed by atoms with Gasteiger partial charge in [-0.1, -0.05) is 6.92 Å². The lowest BCUT2D eigenvalue weighted by Crippen LogP contribution is -2.44. The second-order valence-electron chi connectivity index (χ2n) is 4.76. The monoisotopic (exact) mass is 252 g/mol. The number of imidazole rings is 1. The summed E-state index contributed by atoms with van der Waals surface area (Å²) in [6.07, 6.45) is 6.22. The Bertz CT molecular complexity index is 351. The minimum absolute atomic E-state index is 0.317. The van der Waals surface area contributed by atoms with Crippen LogP contribution in [0.1, 0.15) is 19.2 Å². The first-order valence-electron chi connectivity index (χ1n) is 6.87. The predicted molar refractivity (Wildman–Crippen MR) is 71.5 cm³/mol. The molecular weight excluding hydrogens is 228 g/mol. The summed E-state index contributed by atoms with van der Waals surface area (Å²) in [6, 6.07) is 0. The van der Waals surface area contributed by atoms with Crippen molar-refractivity contribution in [3.8, 4) is 0 Å². The molecular formula is C13H24N4O. The molecule has 0 radical (unpaired) electrons. The Morgan fingerprint density at radius 3 is 3.17 bits per heavy atom. The standard InChI is InChI=1S/C13H24N4O/c1-2-13-15-5-6-17(13)8-7-16-9-10-18-12(11-16)3-4-14/h5-6,12H,2-4,7-11,14H2,1H3. The Hall–Kier alpha value is -0.910. The quantitative estimate of drug-likeness (QED) is 0.801. The highest BCUT2D eigenvalue weighted by Gasteiger charge is 2.19. The van der Waals surface area contributed by atoms with E-state index in [-0.39, 0.29) is 0 Å². The summed E-state index contributed by atoms with van der Waals surface area (Å²) in [4.78, 5) is 6.81. The number of rotatable bonds is 6. The molecule has 1 aliphatic heterocycles. The predicted octanol–water partition coefficient (Wildman–Crippen LogP) is 0.495. The van der Waals surface area contributed by atoms with E-state index >= 15 is 0 Å². The number of nitrogens with two attached hydrogens (primary N) is 1. The Morgan fingerprint density at radius 2 is 2.39 bits per heavy atom. The van der Waals surface area contributed by atoms with Crippen LogP contribution in [-0.2, 0) is 17.7 Å². The van der Waals surface area contributed by atoms with Crippen LogP contribution in [0.4, 0.5) is 0 Å². The molecule has 18 heavy (non-hydrogen) atoms. The number of hydrogen-bond acceptors (Lipinski definition) is 4. The van der Waals surface area contributed by atoms with E-state index in [9.17, 15) is 0 Å². The number of hydrogen-bond donors (Lipinski definition) is 1. The molecule has 0 aliphatic carbocycles. The van der Waals surface area contributed by atoms with Gasteiger partial charge in [-0.25, -0.2) is 4.98 Å². The van der Waals surface area contributed by atoms with Gasteiger partial charge in [0, 0.05) is 45.0 Å². The second-order valence-corrected chi connectivity index (χ2v) is 4.76. The number of morpholine rings is 1. The molecule has 1 fully saturated rings. The third-order valence-electron chi connectivity index (χ3n) is 3.49. The van der Waals surface area contributed by atoms with Gasteiger partial charge in [0.15, 0.2) is 0 Å². The molecule has 5 nitrogen and oxygen atoms in total. The second kappa shape index (κ2) is 6.87. The zero-order chi connectivity index (χ0) is 12.8.